The van der Waals surface area contributed by atoms with Crippen molar-refractivity contribution in [2.24, 2.45) is 0 Å². The Kier molecular flexibility index (Phi) is 7.63. The molecule has 0 bridgehead atoms. The fraction of sp³-hybridized carbons (Fsp3) is 0. The lowest BCUT2D eigenvalue weighted by Gasteiger charge is -2.34. The van der Waals surface area contributed by atoms with Crippen molar-refractivity contribution in [3.8, 4) is 35.0 Å². The summed E-state index contributed by atoms with van der Waals surface area (Å²) in [4.78, 5) is 0. The highest BCUT2D eigenvalue weighted by Gasteiger charge is 2.41. The Morgan fingerprint density at radius 3 is 1.54 bits per heavy atom. The minimum atomic E-state index is -2.87. The number of nitriles is 3. The summed E-state index contributed by atoms with van der Waals surface area (Å²) >= 11 is 0. The number of hydrogen-bond donors (Lipinski definition) is 0. The standard InChI is InChI=1S/C45H28N4Si/c46-29-32-20-24-44(49-43-19-11-10-18-40(43)42-27-33(30-47)21-25-45(42)49)41(26-32)39-23-22-38(28-34(39)31-48)50(35-12-4-1-5-13-35,36-14-6-2-7-15-36)37-16-8-3-9-17-37/h1-28H. The van der Waals surface area contributed by atoms with Crippen molar-refractivity contribution in [3.05, 3.63) is 187 Å². The summed E-state index contributed by atoms with van der Waals surface area (Å²) in [6.45, 7) is 0. The quantitative estimate of drug-likeness (QED) is 0.138. The molecule has 8 aromatic rings. The Morgan fingerprint density at radius 2 is 0.940 bits per heavy atom. The van der Waals surface area contributed by atoms with Crippen LogP contribution in [0.15, 0.2) is 170 Å². The van der Waals surface area contributed by atoms with Crippen LogP contribution in [0.2, 0.25) is 0 Å². The molecule has 0 saturated carbocycles. The van der Waals surface area contributed by atoms with E-state index in [9.17, 15) is 15.8 Å². The summed E-state index contributed by atoms with van der Waals surface area (Å²) in [5, 5.41) is 37.4. The number of benzene rings is 7. The molecule has 232 valence electrons. The van der Waals surface area contributed by atoms with Crippen LogP contribution in [0.5, 0.6) is 0 Å². The van der Waals surface area contributed by atoms with Crippen LogP contribution in [0, 0.1) is 34.0 Å². The van der Waals surface area contributed by atoms with E-state index in [2.05, 4.69) is 126 Å². The van der Waals surface area contributed by atoms with Gasteiger partial charge in [-0.05, 0) is 69.3 Å². The topological polar surface area (TPSA) is 76.3 Å². The van der Waals surface area contributed by atoms with E-state index in [1.807, 2.05) is 66.7 Å². The molecule has 0 fully saturated rings. The summed E-state index contributed by atoms with van der Waals surface area (Å²) < 4.78 is 2.17. The highest BCUT2D eigenvalue weighted by molar-refractivity contribution is 7.19. The van der Waals surface area contributed by atoms with Gasteiger partial charge in [0.1, 0.15) is 0 Å². The van der Waals surface area contributed by atoms with Gasteiger partial charge in [-0.3, -0.25) is 0 Å². The molecule has 0 unspecified atom stereocenters. The monoisotopic (exact) mass is 652 g/mol. The van der Waals surface area contributed by atoms with Crippen molar-refractivity contribution < 1.29 is 0 Å². The van der Waals surface area contributed by atoms with Crippen LogP contribution in [0.1, 0.15) is 16.7 Å². The van der Waals surface area contributed by atoms with Crippen LogP contribution < -0.4 is 20.7 Å². The van der Waals surface area contributed by atoms with Gasteiger partial charge in [-0.2, -0.15) is 15.8 Å². The minimum absolute atomic E-state index is 0.505. The first-order valence-electron chi connectivity index (χ1n) is 16.4. The lowest BCUT2D eigenvalue weighted by Crippen LogP contribution is -2.74. The van der Waals surface area contributed by atoms with Gasteiger partial charge in [0.05, 0.1) is 51.6 Å². The Morgan fingerprint density at radius 1 is 0.400 bits per heavy atom. The smallest absolute Gasteiger partial charge is 0.179 e. The zero-order chi connectivity index (χ0) is 34.1. The maximum atomic E-state index is 10.9. The maximum Gasteiger partial charge on any atom is 0.179 e. The molecule has 0 aliphatic heterocycles. The van der Waals surface area contributed by atoms with Gasteiger partial charge in [-0.15, -0.1) is 0 Å². The zero-order valence-corrected chi connectivity index (χ0v) is 28.0. The molecular formula is C45H28N4Si. The number of rotatable bonds is 6. The van der Waals surface area contributed by atoms with Gasteiger partial charge in [-0.25, -0.2) is 0 Å². The second-order valence-electron chi connectivity index (χ2n) is 12.3. The Hall–Kier alpha value is -6.97. The Bertz CT molecular complexity index is 2580. The summed E-state index contributed by atoms with van der Waals surface area (Å²) in [6.07, 6.45) is 0. The molecule has 5 heteroatoms. The first-order chi connectivity index (χ1) is 24.7. The molecule has 0 spiro atoms. The maximum absolute atomic E-state index is 10.9. The predicted molar refractivity (Wildman–Crippen MR) is 204 cm³/mol. The molecule has 4 nitrogen and oxygen atoms in total. The lowest BCUT2D eigenvalue weighted by molar-refractivity contribution is 1.18. The second-order valence-corrected chi connectivity index (χ2v) is 16.1. The summed E-state index contributed by atoms with van der Waals surface area (Å²) in [7, 11) is -2.87. The normalized spacial score (nSPS) is 11.1. The predicted octanol–water partition coefficient (Wildman–Crippen LogP) is 7.44. The molecule has 0 aliphatic carbocycles. The van der Waals surface area contributed by atoms with Crippen LogP contribution in [0.25, 0.3) is 38.6 Å². The van der Waals surface area contributed by atoms with E-state index in [4.69, 9.17) is 0 Å². The van der Waals surface area contributed by atoms with Gasteiger partial charge >= 0.3 is 0 Å². The summed E-state index contributed by atoms with van der Waals surface area (Å²) in [5.41, 5.74) is 5.92. The van der Waals surface area contributed by atoms with Gasteiger partial charge in [0, 0.05) is 21.9 Å². The van der Waals surface area contributed by atoms with E-state index in [1.54, 1.807) is 0 Å². The molecule has 1 aromatic heterocycles. The van der Waals surface area contributed by atoms with Gasteiger partial charge in [-0.1, -0.05) is 121 Å². The molecule has 0 saturated heterocycles. The molecule has 0 N–H and O–H groups in total. The third kappa shape index (κ3) is 4.80. The summed E-state index contributed by atoms with van der Waals surface area (Å²) in [5.74, 6) is 0. The van der Waals surface area contributed by atoms with Crippen molar-refractivity contribution in [2.45, 2.75) is 0 Å². The fourth-order valence-corrected chi connectivity index (χ4v) is 12.3. The Balaban J connectivity index is 1.42. The van der Waals surface area contributed by atoms with E-state index >= 15 is 0 Å². The highest BCUT2D eigenvalue weighted by Crippen LogP contribution is 2.38. The zero-order valence-electron chi connectivity index (χ0n) is 27.0. The van der Waals surface area contributed by atoms with Crippen molar-refractivity contribution in [2.75, 3.05) is 0 Å². The SMILES string of the molecule is N#Cc1ccc(-n2c3ccccc3c3cc(C#N)ccc32)c(-c2ccc([Si](c3ccccc3)(c3ccccc3)c3ccccc3)cc2C#N)c1. The van der Waals surface area contributed by atoms with Gasteiger partial charge < -0.3 is 4.57 Å². The van der Waals surface area contributed by atoms with E-state index in [1.165, 1.54) is 15.6 Å². The molecular weight excluding hydrogens is 625 g/mol. The molecule has 8 rings (SSSR count). The van der Waals surface area contributed by atoms with Crippen LogP contribution in [0.4, 0.5) is 0 Å². The molecule has 0 atom stereocenters. The minimum Gasteiger partial charge on any atom is -0.309 e. The third-order valence-corrected chi connectivity index (χ3v) is 14.4. The molecule has 0 amide bonds. The number of para-hydroxylation sites is 1. The van der Waals surface area contributed by atoms with Crippen LogP contribution in [-0.4, -0.2) is 12.6 Å². The number of aromatic nitrogens is 1. The molecule has 1 heterocycles. The average molecular weight is 653 g/mol. The van der Waals surface area contributed by atoms with Crippen molar-refractivity contribution in [1.29, 1.82) is 15.8 Å². The van der Waals surface area contributed by atoms with Gasteiger partial charge in [0.25, 0.3) is 0 Å². The lowest BCUT2D eigenvalue weighted by atomic mass is 9.96. The fourth-order valence-electron chi connectivity index (χ4n) is 7.49. The van der Waals surface area contributed by atoms with Crippen LogP contribution >= 0.6 is 0 Å². The van der Waals surface area contributed by atoms with Crippen LogP contribution in [-0.2, 0) is 0 Å². The first-order valence-corrected chi connectivity index (χ1v) is 18.4. The number of nitrogens with zero attached hydrogens (tertiary/aromatic N) is 4. The number of fused-ring (bicyclic) bond motifs is 3. The first kappa shape index (κ1) is 30.4. The average Bonchev–Trinajstić information content (AvgIpc) is 3.52. The van der Waals surface area contributed by atoms with Crippen molar-refractivity contribution >= 4 is 50.6 Å². The van der Waals surface area contributed by atoms with Gasteiger partial charge in [0.2, 0.25) is 0 Å². The van der Waals surface area contributed by atoms with Crippen molar-refractivity contribution in [3.63, 3.8) is 0 Å². The van der Waals surface area contributed by atoms with Crippen molar-refractivity contribution in [1.82, 2.24) is 4.57 Å². The Labute approximate surface area is 291 Å². The highest BCUT2D eigenvalue weighted by atomic mass is 28.3. The number of hydrogen-bond acceptors (Lipinski definition) is 3. The van der Waals surface area contributed by atoms with E-state index in [0.717, 1.165) is 43.8 Å². The molecule has 0 radical (unpaired) electrons. The van der Waals surface area contributed by atoms with Crippen LogP contribution in [0.3, 0.4) is 0 Å². The van der Waals surface area contributed by atoms with Gasteiger partial charge in [0.15, 0.2) is 8.07 Å². The molecule has 0 aliphatic rings. The molecule has 50 heavy (non-hydrogen) atoms. The molecule has 7 aromatic carbocycles. The summed E-state index contributed by atoms with van der Waals surface area (Å²) in [6, 6.07) is 64.9. The third-order valence-electron chi connectivity index (χ3n) is 9.65. The van der Waals surface area contributed by atoms with E-state index < -0.39 is 8.07 Å². The van der Waals surface area contributed by atoms with E-state index in [-0.39, 0.29) is 0 Å². The second kappa shape index (κ2) is 12.6. The largest absolute Gasteiger partial charge is 0.309 e. The van der Waals surface area contributed by atoms with E-state index in [0.29, 0.717) is 16.7 Å².